The lowest BCUT2D eigenvalue weighted by atomic mass is 10.0. The highest BCUT2D eigenvalue weighted by Gasteiger charge is 2.24. The number of ether oxygens (including phenoxy) is 2. The van der Waals surface area contributed by atoms with Gasteiger partial charge in [0, 0.05) is 17.0 Å². The van der Waals surface area contributed by atoms with E-state index in [0.29, 0.717) is 33.7 Å². The van der Waals surface area contributed by atoms with Gasteiger partial charge < -0.3 is 24.5 Å². The van der Waals surface area contributed by atoms with Crippen LogP contribution in [0.25, 0.3) is 22.1 Å². The number of amides is 2. The molecule has 0 saturated heterocycles. The van der Waals surface area contributed by atoms with Crippen molar-refractivity contribution in [3.8, 4) is 22.6 Å². The number of rotatable bonds is 7. The average Bonchev–Trinajstić information content (AvgIpc) is 3.32. The third-order valence-electron chi connectivity index (χ3n) is 5.95. The van der Waals surface area contributed by atoms with Crippen molar-refractivity contribution < 1.29 is 23.5 Å². The zero-order valence-corrected chi connectivity index (χ0v) is 20.3. The van der Waals surface area contributed by atoms with E-state index in [2.05, 4.69) is 10.6 Å². The maximum atomic E-state index is 13.3. The highest BCUT2D eigenvalue weighted by Crippen LogP contribution is 2.34. The third kappa shape index (κ3) is 4.88. The Labute approximate surface area is 213 Å². The van der Waals surface area contributed by atoms with Crippen molar-refractivity contribution >= 4 is 34.2 Å². The molecule has 0 spiro atoms. The molecule has 5 rings (SSSR count). The van der Waals surface area contributed by atoms with Crippen molar-refractivity contribution in [3.05, 3.63) is 108 Å². The first-order valence-electron chi connectivity index (χ1n) is 11.6. The lowest BCUT2D eigenvalue weighted by Crippen LogP contribution is -2.17. The molecule has 0 saturated carbocycles. The molecule has 0 aliphatic heterocycles. The van der Waals surface area contributed by atoms with Gasteiger partial charge in [-0.15, -0.1) is 0 Å². The second-order valence-corrected chi connectivity index (χ2v) is 8.22. The number of fused-ring (bicyclic) bond motifs is 1. The van der Waals surface area contributed by atoms with Crippen molar-refractivity contribution in [2.45, 2.75) is 0 Å². The maximum absolute atomic E-state index is 13.3. The summed E-state index contributed by atoms with van der Waals surface area (Å²) in [6.07, 6.45) is 0. The Bertz CT molecular complexity index is 1570. The predicted octanol–water partition coefficient (Wildman–Crippen LogP) is 6.62. The van der Waals surface area contributed by atoms with Gasteiger partial charge in [0.2, 0.25) is 5.76 Å². The molecule has 7 heteroatoms. The van der Waals surface area contributed by atoms with Crippen molar-refractivity contribution in [1.82, 2.24) is 0 Å². The second kappa shape index (κ2) is 10.3. The van der Waals surface area contributed by atoms with Crippen molar-refractivity contribution in [2.24, 2.45) is 0 Å². The zero-order chi connectivity index (χ0) is 25.8. The van der Waals surface area contributed by atoms with Crippen LogP contribution in [0.15, 0.2) is 101 Å². The molecular formula is C30H24N2O5. The molecule has 0 bridgehead atoms. The summed E-state index contributed by atoms with van der Waals surface area (Å²) >= 11 is 0. The van der Waals surface area contributed by atoms with Crippen LogP contribution in [0.5, 0.6) is 11.5 Å². The fourth-order valence-corrected chi connectivity index (χ4v) is 4.04. The van der Waals surface area contributed by atoms with Crippen molar-refractivity contribution in [1.29, 1.82) is 0 Å². The summed E-state index contributed by atoms with van der Waals surface area (Å²) in [5.41, 5.74) is 3.71. The molecule has 1 aromatic heterocycles. The number of anilines is 2. The molecule has 0 radical (unpaired) electrons. The summed E-state index contributed by atoms with van der Waals surface area (Å²) in [5, 5.41) is 6.30. The van der Waals surface area contributed by atoms with Crippen molar-refractivity contribution in [3.63, 3.8) is 0 Å². The van der Waals surface area contributed by atoms with E-state index in [-0.39, 0.29) is 17.4 Å². The van der Waals surface area contributed by atoms with Crippen LogP contribution in [0.3, 0.4) is 0 Å². The standard InChI is InChI=1S/C30H24N2O5/c1-35-22-16-17-24(26(18-22)36-2)31-30(34)28-27(23-10-6-7-11-25(23)37-28)32-29(33)21-14-12-20(13-15-21)19-8-4-3-5-9-19/h3-18H,1-2H3,(H,31,34)(H,32,33). The summed E-state index contributed by atoms with van der Waals surface area (Å²) in [7, 11) is 3.05. The average molecular weight is 493 g/mol. The minimum Gasteiger partial charge on any atom is -0.497 e. The molecule has 37 heavy (non-hydrogen) atoms. The molecule has 4 aromatic carbocycles. The SMILES string of the molecule is COc1ccc(NC(=O)c2oc3ccccc3c2NC(=O)c2ccc(-c3ccccc3)cc2)c(OC)c1. The largest absolute Gasteiger partial charge is 0.497 e. The van der Waals surface area contributed by atoms with E-state index in [9.17, 15) is 9.59 Å². The van der Waals surface area contributed by atoms with Gasteiger partial charge >= 0.3 is 0 Å². The van der Waals surface area contributed by atoms with E-state index in [1.54, 1.807) is 55.6 Å². The normalized spacial score (nSPS) is 10.6. The molecule has 0 fully saturated rings. The molecule has 7 nitrogen and oxygen atoms in total. The molecule has 5 aromatic rings. The first kappa shape index (κ1) is 23.7. The van der Waals surface area contributed by atoms with Crippen LogP contribution in [0, 0.1) is 0 Å². The van der Waals surface area contributed by atoms with Gasteiger partial charge in [0.05, 0.1) is 19.9 Å². The van der Waals surface area contributed by atoms with E-state index in [1.165, 1.54) is 7.11 Å². The number of hydrogen-bond acceptors (Lipinski definition) is 5. The topological polar surface area (TPSA) is 89.8 Å². The monoisotopic (exact) mass is 492 g/mol. The van der Waals surface area contributed by atoms with Gasteiger partial charge in [-0.1, -0.05) is 54.6 Å². The van der Waals surface area contributed by atoms with Crippen LogP contribution in [-0.4, -0.2) is 26.0 Å². The Balaban J connectivity index is 1.44. The molecular weight excluding hydrogens is 468 g/mol. The van der Waals surface area contributed by atoms with Gasteiger partial charge in [0.1, 0.15) is 22.8 Å². The quantitative estimate of drug-likeness (QED) is 0.266. The summed E-state index contributed by atoms with van der Waals surface area (Å²) in [6.45, 7) is 0. The van der Waals surface area contributed by atoms with E-state index in [4.69, 9.17) is 13.9 Å². The Morgan fingerprint density at radius 1 is 0.703 bits per heavy atom. The fourth-order valence-electron chi connectivity index (χ4n) is 4.04. The van der Waals surface area contributed by atoms with Gasteiger partial charge in [0.15, 0.2) is 0 Å². The molecule has 0 aliphatic rings. The summed E-state index contributed by atoms with van der Waals surface area (Å²) < 4.78 is 16.5. The van der Waals surface area contributed by atoms with Crippen LogP contribution < -0.4 is 20.1 Å². The van der Waals surface area contributed by atoms with Gasteiger partial charge in [-0.2, -0.15) is 0 Å². The highest BCUT2D eigenvalue weighted by atomic mass is 16.5. The van der Waals surface area contributed by atoms with Crippen LogP contribution in [0.1, 0.15) is 20.9 Å². The van der Waals surface area contributed by atoms with Gasteiger partial charge in [-0.05, 0) is 47.5 Å². The molecule has 0 atom stereocenters. The summed E-state index contributed by atoms with van der Waals surface area (Å²) in [4.78, 5) is 26.5. The molecule has 2 amide bonds. The number of furan rings is 1. The lowest BCUT2D eigenvalue weighted by Gasteiger charge is -2.12. The number of benzene rings is 4. The zero-order valence-electron chi connectivity index (χ0n) is 20.3. The van der Waals surface area contributed by atoms with E-state index in [0.717, 1.165) is 11.1 Å². The predicted molar refractivity (Wildman–Crippen MR) is 144 cm³/mol. The second-order valence-electron chi connectivity index (χ2n) is 8.22. The smallest absolute Gasteiger partial charge is 0.293 e. The number of methoxy groups -OCH3 is 2. The summed E-state index contributed by atoms with van der Waals surface area (Å²) in [5.74, 6) is 0.0997. The maximum Gasteiger partial charge on any atom is 0.293 e. The summed E-state index contributed by atoms with van der Waals surface area (Å²) in [6, 6.07) is 29.4. The van der Waals surface area contributed by atoms with Crippen LogP contribution >= 0.6 is 0 Å². The van der Waals surface area contributed by atoms with Crippen LogP contribution in [-0.2, 0) is 0 Å². The fraction of sp³-hybridized carbons (Fsp3) is 0.0667. The molecule has 1 heterocycles. The van der Waals surface area contributed by atoms with Gasteiger partial charge in [0.25, 0.3) is 11.8 Å². The lowest BCUT2D eigenvalue weighted by molar-refractivity contribution is 0.0999. The molecule has 184 valence electrons. The number of carbonyl (C=O) groups is 2. The minimum absolute atomic E-state index is 0.0201. The Morgan fingerprint density at radius 2 is 1.41 bits per heavy atom. The Hall–Kier alpha value is -5.04. The molecule has 0 aliphatic carbocycles. The molecule has 2 N–H and O–H groups in total. The number of nitrogens with one attached hydrogen (secondary N) is 2. The van der Waals surface area contributed by atoms with Gasteiger partial charge in [-0.25, -0.2) is 0 Å². The van der Waals surface area contributed by atoms with Gasteiger partial charge in [-0.3, -0.25) is 9.59 Å². The highest BCUT2D eigenvalue weighted by molar-refractivity contribution is 6.17. The first-order valence-corrected chi connectivity index (χ1v) is 11.6. The van der Waals surface area contributed by atoms with Crippen LogP contribution in [0.2, 0.25) is 0 Å². The first-order chi connectivity index (χ1) is 18.1. The van der Waals surface area contributed by atoms with E-state index in [1.807, 2.05) is 48.5 Å². The number of hydrogen-bond donors (Lipinski definition) is 2. The van der Waals surface area contributed by atoms with E-state index < -0.39 is 5.91 Å². The number of para-hydroxylation sites is 1. The van der Waals surface area contributed by atoms with Crippen molar-refractivity contribution in [2.75, 3.05) is 24.9 Å². The third-order valence-corrected chi connectivity index (χ3v) is 5.95. The molecule has 0 unspecified atom stereocenters. The minimum atomic E-state index is -0.533. The Kier molecular flexibility index (Phi) is 6.59. The van der Waals surface area contributed by atoms with Crippen LogP contribution in [0.4, 0.5) is 11.4 Å². The Morgan fingerprint density at radius 3 is 2.14 bits per heavy atom. The number of carbonyl (C=O) groups excluding carboxylic acids is 2. The van der Waals surface area contributed by atoms with E-state index >= 15 is 0 Å².